The number of H-pyrrole nitrogens is 2. The number of aromatic nitrogens is 6. The molecule has 41 heavy (non-hydrogen) atoms. The van der Waals surface area contributed by atoms with Gasteiger partial charge in [-0.1, -0.05) is 37.4 Å². The highest BCUT2D eigenvalue weighted by Crippen LogP contribution is 2.33. The van der Waals surface area contributed by atoms with E-state index in [1.807, 2.05) is 13.8 Å². The monoisotopic (exact) mass is 720 g/mol. The van der Waals surface area contributed by atoms with Crippen LogP contribution >= 0.6 is 62.1 Å². The molecule has 0 aliphatic rings. The summed E-state index contributed by atoms with van der Waals surface area (Å²) in [6, 6.07) is 0.453. The van der Waals surface area contributed by atoms with E-state index in [0.717, 1.165) is 57.5 Å². The van der Waals surface area contributed by atoms with E-state index in [0.29, 0.717) is 17.6 Å². The molecule has 0 amide bonds. The van der Waals surface area contributed by atoms with E-state index in [1.165, 1.54) is 22.7 Å². The lowest BCUT2D eigenvalue weighted by molar-refractivity contribution is -0.142. The Bertz CT molecular complexity index is 1580. The molecule has 2 N–H and O–H groups in total. The third kappa shape index (κ3) is 9.39. The number of hydrogen-bond donors (Lipinski definition) is 2. The van der Waals surface area contributed by atoms with Crippen LogP contribution in [0.3, 0.4) is 0 Å². The van der Waals surface area contributed by atoms with E-state index in [1.54, 1.807) is 11.0 Å². The van der Waals surface area contributed by atoms with Crippen molar-refractivity contribution in [1.82, 2.24) is 29.9 Å². The van der Waals surface area contributed by atoms with Gasteiger partial charge in [-0.3, -0.25) is 9.59 Å². The Morgan fingerprint density at radius 2 is 1.34 bits per heavy atom. The van der Waals surface area contributed by atoms with Gasteiger partial charge in [0.15, 0.2) is 21.7 Å². The van der Waals surface area contributed by atoms with Crippen molar-refractivity contribution in [3.63, 3.8) is 0 Å². The summed E-state index contributed by atoms with van der Waals surface area (Å²) in [5.74, 6) is 0.841. The summed E-state index contributed by atoms with van der Waals surface area (Å²) in [6.07, 6.45) is -7.80. The second kappa shape index (κ2) is 14.3. The molecule has 8 nitrogen and oxygen atoms in total. The number of aromatic amines is 2. The van der Waals surface area contributed by atoms with Gasteiger partial charge in [0.2, 0.25) is 0 Å². The van der Waals surface area contributed by atoms with Crippen molar-refractivity contribution in [2.75, 3.05) is 0 Å². The number of nitrogens with one attached hydrogen (secondary N) is 2. The average molecular weight is 722 g/mol. The number of halogens is 7. The molecule has 4 rings (SSSR count). The quantitative estimate of drug-likeness (QED) is 0.114. The molecule has 0 aromatic carbocycles. The van der Waals surface area contributed by atoms with Gasteiger partial charge < -0.3 is 9.97 Å². The van der Waals surface area contributed by atoms with Gasteiger partial charge >= 0.3 is 12.4 Å². The second-order valence-electron chi connectivity index (χ2n) is 7.69. The maximum Gasteiger partial charge on any atom is 0.434 e. The van der Waals surface area contributed by atoms with Gasteiger partial charge in [0.25, 0.3) is 11.1 Å². The predicted molar refractivity (Wildman–Crippen MR) is 150 cm³/mol. The van der Waals surface area contributed by atoms with Crippen LogP contribution in [0.2, 0.25) is 0 Å². The minimum Gasteiger partial charge on any atom is -0.301 e. The largest absolute Gasteiger partial charge is 0.434 e. The molecule has 4 aromatic rings. The third-order valence-corrected chi connectivity index (χ3v) is 9.57. The standard InChI is InChI=1S/C11H9BrF3N3OS2.C11H10F3N3OS2/c1-2-5-6(21-4-16-5)3-20-10-17-8(11(13,14)15)7(12)9(19)18-10;1-2-6-7(20-5-15-6)4-19-10-16-8(11(12,13)14)3-9(18)17-10/h4H,2-3H2,1H3,(H,17,18,19);3,5H,2,4H2,1H3,(H,16,17,18). The van der Waals surface area contributed by atoms with Crippen LogP contribution in [0.1, 0.15) is 46.4 Å². The molecule has 0 aliphatic carbocycles. The normalized spacial score (nSPS) is 11.8. The second-order valence-corrected chi connectivity index (χ2v) is 12.3. The first-order valence-electron chi connectivity index (χ1n) is 11.4. The van der Waals surface area contributed by atoms with E-state index >= 15 is 0 Å². The minimum absolute atomic E-state index is 0.0414. The number of hydrogen-bond acceptors (Lipinski definition) is 10. The Morgan fingerprint density at radius 3 is 1.80 bits per heavy atom. The maximum atomic E-state index is 12.8. The van der Waals surface area contributed by atoms with E-state index in [-0.39, 0.29) is 10.3 Å². The van der Waals surface area contributed by atoms with Crippen LogP contribution in [0.15, 0.2) is 41.5 Å². The van der Waals surface area contributed by atoms with Gasteiger partial charge in [0.1, 0.15) is 4.47 Å². The van der Waals surface area contributed by atoms with Gasteiger partial charge in [0, 0.05) is 27.3 Å². The smallest absolute Gasteiger partial charge is 0.301 e. The number of alkyl halides is 6. The van der Waals surface area contributed by atoms with Crippen LogP contribution < -0.4 is 11.1 Å². The summed E-state index contributed by atoms with van der Waals surface area (Å²) in [4.78, 5) is 44.5. The number of nitrogens with zero attached hydrogens (tertiary/aromatic N) is 4. The van der Waals surface area contributed by atoms with E-state index in [2.05, 4.69) is 45.8 Å². The minimum atomic E-state index is -4.68. The third-order valence-electron chi connectivity index (χ3n) is 4.92. The molecule has 0 saturated heterocycles. The summed E-state index contributed by atoms with van der Waals surface area (Å²) in [7, 11) is 0. The highest BCUT2D eigenvalue weighted by molar-refractivity contribution is 9.10. The van der Waals surface area contributed by atoms with Crippen molar-refractivity contribution in [2.24, 2.45) is 0 Å². The average Bonchev–Trinajstić information content (AvgIpc) is 3.55. The first kappa shape index (κ1) is 33.3. The predicted octanol–water partition coefficient (Wildman–Crippen LogP) is 6.96. The Balaban J connectivity index is 0.000000226. The van der Waals surface area contributed by atoms with Gasteiger partial charge in [-0.2, -0.15) is 26.3 Å². The molecule has 222 valence electrons. The zero-order valence-electron chi connectivity index (χ0n) is 20.9. The summed E-state index contributed by atoms with van der Waals surface area (Å²) >= 11 is 7.58. The number of thioether (sulfide) groups is 2. The lowest BCUT2D eigenvalue weighted by Crippen LogP contribution is -2.19. The first-order chi connectivity index (χ1) is 19.2. The van der Waals surface area contributed by atoms with Crippen LogP contribution in [0.4, 0.5) is 26.3 Å². The molecule has 0 fully saturated rings. The molecule has 19 heteroatoms. The van der Waals surface area contributed by atoms with Crippen LogP contribution in [0.5, 0.6) is 0 Å². The molecule has 0 bridgehead atoms. The highest BCUT2D eigenvalue weighted by Gasteiger charge is 2.37. The first-order valence-corrected chi connectivity index (χ1v) is 15.9. The van der Waals surface area contributed by atoms with Crippen molar-refractivity contribution < 1.29 is 26.3 Å². The fraction of sp³-hybridized carbons (Fsp3) is 0.364. The van der Waals surface area contributed by atoms with Crippen LogP contribution in [0, 0.1) is 0 Å². The Kier molecular flexibility index (Phi) is 11.6. The van der Waals surface area contributed by atoms with Gasteiger partial charge in [0.05, 0.1) is 22.4 Å². The number of thiazole rings is 2. The molecule has 0 saturated carbocycles. The number of rotatable bonds is 8. The van der Waals surface area contributed by atoms with Crippen molar-refractivity contribution >= 4 is 62.1 Å². The summed E-state index contributed by atoms with van der Waals surface area (Å²) in [5.41, 5.74) is 1.15. The van der Waals surface area contributed by atoms with Gasteiger partial charge in [-0.15, -0.1) is 22.7 Å². The van der Waals surface area contributed by atoms with Crippen LogP contribution in [-0.4, -0.2) is 29.9 Å². The molecule has 0 atom stereocenters. The van der Waals surface area contributed by atoms with Crippen molar-refractivity contribution in [3.05, 3.63) is 74.8 Å². The van der Waals surface area contributed by atoms with Crippen LogP contribution in [-0.2, 0) is 36.7 Å². The zero-order valence-corrected chi connectivity index (χ0v) is 25.8. The topological polar surface area (TPSA) is 117 Å². The fourth-order valence-electron chi connectivity index (χ4n) is 3.01. The van der Waals surface area contributed by atoms with Crippen molar-refractivity contribution in [1.29, 1.82) is 0 Å². The SMILES string of the molecule is CCc1ncsc1CSc1nc(C(F)(F)F)c(Br)c(=O)[nH]1.CCc1ncsc1CSc1nc(C(F)(F)F)cc(=O)[nH]1. The molecule has 4 heterocycles. The fourth-order valence-corrected chi connectivity index (χ4v) is 7.13. The lowest BCUT2D eigenvalue weighted by Gasteiger charge is -2.09. The van der Waals surface area contributed by atoms with E-state index in [9.17, 15) is 35.9 Å². The molecule has 4 aromatic heterocycles. The molecule has 0 unspecified atom stereocenters. The number of aryl methyl sites for hydroxylation is 2. The van der Waals surface area contributed by atoms with E-state index < -0.39 is 39.3 Å². The van der Waals surface area contributed by atoms with E-state index in [4.69, 9.17) is 0 Å². The molecular weight excluding hydrogens is 702 g/mol. The molecule has 0 radical (unpaired) electrons. The summed E-state index contributed by atoms with van der Waals surface area (Å²) < 4.78 is 75.4. The molecular formula is C22H19BrF6N6O2S4. The van der Waals surface area contributed by atoms with Gasteiger partial charge in [-0.05, 0) is 28.8 Å². The maximum absolute atomic E-state index is 12.8. The Labute approximate surface area is 253 Å². The summed E-state index contributed by atoms with van der Waals surface area (Å²) in [5, 5.41) is -0.105. The highest BCUT2D eigenvalue weighted by atomic mass is 79.9. The van der Waals surface area contributed by atoms with Crippen LogP contribution in [0.25, 0.3) is 0 Å². The molecule has 0 spiro atoms. The zero-order chi connectivity index (χ0) is 30.4. The Morgan fingerprint density at radius 1 is 0.829 bits per heavy atom. The van der Waals surface area contributed by atoms with Crippen molar-refractivity contribution in [3.8, 4) is 0 Å². The summed E-state index contributed by atoms with van der Waals surface area (Å²) in [6.45, 7) is 3.90. The van der Waals surface area contributed by atoms with Gasteiger partial charge in [-0.25, -0.2) is 19.9 Å². The Hall–Kier alpha value is -2.22. The molecule has 0 aliphatic heterocycles. The lowest BCUT2D eigenvalue weighted by atomic mass is 10.3. The van der Waals surface area contributed by atoms with Crippen molar-refractivity contribution in [2.45, 2.75) is 60.9 Å².